The van der Waals surface area contributed by atoms with Gasteiger partial charge in [0.25, 0.3) is 0 Å². The summed E-state index contributed by atoms with van der Waals surface area (Å²) in [6.07, 6.45) is 4.46. The van der Waals surface area contributed by atoms with Crippen molar-refractivity contribution in [2.45, 2.75) is 77.5 Å². The maximum Gasteiger partial charge on any atom is 0.494 e. The molecule has 2 aliphatic rings. The zero-order chi connectivity index (χ0) is 22.4. The van der Waals surface area contributed by atoms with Crippen molar-refractivity contribution in [1.29, 1.82) is 0 Å². The van der Waals surface area contributed by atoms with Gasteiger partial charge in [0.1, 0.15) is 11.4 Å². The van der Waals surface area contributed by atoms with E-state index in [4.69, 9.17) is 13.8 Å². The summed E-state index contributed by atoms with van der Waals surface area (Å²) < 4.78 is 17.8. The van der Waals surface area contributed by atoms with E-state index in [9.17, 15) is 4.79 Å². The maximum absolute atomic E-state index is 12.8. The number of hydrogen-bond donors (Lipinski definition) is 1. The van der Waals surface area contributed by atoms with Crippen LogP contribution in [0.2, 0.25) is 0 Å². The monoisotopic (exact) mass is 425 g/mol. The summed E-state index contributed by atoms with van der Waals surface area (Å²) in [6, 6.07) is 7.97. The van der Waals surface area contributed by atoms with Gasteiger partial charge in [0.05, 0.1) is 11.2 Å². The van der Waals surface area contributed by atoms with E-state index in [1.54, 1.807) is 4.90 Å². The molecule has 2 heterocycles. The minimum Gasteiger partial charge on any atom is -0.399 e. The van der Waals surface area contributed by atoms with E-state index in [0.29, 0.717) is 23.2 Å². The second-order valence-corrected chi connectivity index (χ2v) is 9.66. The van der Waals surface area contributed by atoms with Gasteiger partial charge < -0.3 is 24.0 Å². The summed E-state index contributed by atoms with van der Waals surface area (Å²) in [5.41, 5.74) is 2.25. The van der Waals surface area contributed by atoms with Gasteiger partial charge in [-0.1, -0.05) is 42.3 Å². The van der Waals surface area contributed by atoms with Gasteiger partial charge in [0.15, 0.2) is 5.76 Å². The van der Waals surface area contributed by atoms with E-state index >= 15 is 0 Å². The van der Waals surface area contributed by atoms with Crippen molar-refractivity contribution in [3.05, 3.63) is 30.0 Å². The highest BCUT2D eigenvalue weighted by Gasteiger charge is 2.51. The molecule has 0 radical (unpaired) electrons. The summed E-state index contributed by atoms with van der Waals surface area (Å²) in [7, 11) is 1.43. The lowest BCUT2D eigenvalue weighted by molar-refractivity contribution is 0.00578. The van der Waals surface area contributed by atoms with Crippen molar-refractivity contribution in [3.8, 4) is 11.3 Å². The first-order chi connectivity index (χ1) is 14.6. The van der Waals surface area contributed by atoms with E-state index in [-0.39, 0.29) is 17.2 Å². The highest BCUT2D eigenvalue weighted by molar-refractivity contribution is 6.62. The molecular formula is C23H32BN3O4. The molecule has 2 aromatic rings. The average Bonchev–Trinajstić information content (AvgIpc) is 3.42. The van der Waals surface area contributed by atoms with Crippen LogP contribution in [0.3, 0.4) is 0 Å². The van der Waals surface area contributed by atoms with Gasteiger partial charge in [-0.15, -0.1) is 0 Å². The van der Waals surface area contributed by atoms with Crippen LogP contribution in [0.5, 0.6) is 0 Å². The van der Waals surface area contributed by atoms with E-state index in [2.05, 4.69) is 10.5 Å². The molecule has 166 valence electrons. The molecule has 0 atom stereocenters. The summed E-state index contributed by atoms with van der Waals surface area (Å²) >= 11 is 0. The lowest BCUT2D eigenvalue weighted by atomic mass is 9.79. The Hall–Kier alpha value is -2.32. The third-order valence-corrected chi connectivity index (χ3v) is 6.99. The molecule has 0 unspecified atom stereocenters. The Balaban J connectivity index is 1.51. The first-order valence-corrected chi connectivity index (χ1v) is 11.0. The molecule has 2 amide bonds. The van der Waals surface area contributed by atoms with Crippen LogP contribution >= 0.6 is 0 Å². The molecule has 31 heavy (non-hydrogen) atoms. The van der Waals surface area contributed by atoms with E-state index in [1.165, 1.54) is 12.8 Å². The number of nitrogens with one attached hydrogen (secondary N) is 1. The summed E-state index contributed by atoms with van der Waals surface area (Å²) in [5.74, 6) is 0.547. The first kappa shape index (κ1) is 21.9. The number of anilines is 1. The normalized spacial score (nSPS) is 20.3. The molecule has 1 N–H and O–H groups in total. The molecular weight excluding hydrogens is 393 g/mol. The predicted molar refractivity (Wildman–Crippen MR) is 121 cm³/mol. The summed E-state index contributed by atoms with van der Waals surface area (Å²) in [5, 5.41) is 7.09. The van der Waals surface area contributed by atoms with Crippen LogP contribution in [0.1, 0.15) is 59.1 Å². The van der Waals surface area contributed by atoms with Crippen molar-refractivity contribution in [2.75, 3.05) is 12.4 Å². The minimum absolute atomic E-state index is 0.131. The van der Waals surface area contributed by atoms with Gasteiger partial charge in [-0.2, -0.15) is 0 Å². The Morgan fingerprint density at radius 1 is 1.10 bits per heavy atom. The van der Waals surface area contributed by atoms with Crippen LogP contribution in [0.4, 0.5) is 10.5 Å². The zero-order valence-corrected chi connectivity index (χ0v) is 19.3. The van der Waals surface area contributed by atoms with Crippen LogP contribution in [0.25, 0.3) is 11.3 Å². The first-order valence-electron chi connectivity index (χ1n) is 11.0. The van der Waals surface area contributed by atoms with Crippen LogP contribution in [0.15, 0.2) is 28.8 Å². The fourth-order valence-electron chi connectivity index (χ4n) is 4.14. The third-order valence-electron chi connectivity index (χ3n) is 6.99. The summed E-state index contributed by atoms with van der Waals surface area (Å²) in [6.45, 7) is 9.98. The highest BCUT2D eigenvalue weighted by Crippen LogP contribution is 2.37. The van der Waals surface area contributed by atoms with Crippen LogP contribution in [-0.4, -0.2) is 47.5 Å². The van der Waals surface area contributed by atoms with Crippen molar-refractivity contribution in [2.24, 2.45) is 0 Å². The third kappa shape index (κ3) is 4.11. The van der Waals surface area contributed by atoms with Crippen LogP contribution in [-0.2, 0) is 9.31 Å². The number of hydrogen-bond acceptors (Lipinski definition) is 5. The topological polar surface area (TPSA) is 76.8 Å². The maximum atomic E-state index is 12.8. The second kappa shape index (κ2) is 7.99. The zero-order valence-electron chi connectivity index (χ0n) is 19.3. The molecule has 1 aromatic carbocycles. The Bertz CT molecular complexity index is 932. The number of aryl methyl sites for hydroxylation is 1. The van der Waals surface area contributed by atoms with Crippen molar-refractivity contribution < 1.29 is 18.6 Å². The van der Waals surface area contributed by atoms with Gasteiger partial charge in [-0.25, -0.2) is 4.79 Å². The van der Waals surface area contributed by atoms with Crippen molar-refractivity contribution >= 4 is 24.3 Å². The molecule has 1 aromatic heterocycles. The molecule has 0 spiro atoms. The number of rotatable bonds is 4. The van der Waals surface area contributed by atoms with Gasteiger partial charge in [-0.3, -0.25) is 0 Å². The number of carbonyl (C=O) groups is 1. The molecule has 4 rings (SSSR count). The van der Waals surface area contributed by atoms with Crippen molar-refractivity contribution in [1.82, 2.24) is 10.1 Å². The number of carbonyl (C=O) groups excluding carboxylic acids is 1. The molecule has 0 bridgehead atoms. The number of benzene rings is 1. The fourth-order valence-corrected chi connectivity index (χ4v) is 4.14. The van der Waals surface area contributed by atoms with Crippen molar-refractivity contribution in [3.63, 3.8) is 0 Å². The molecule has 1 aliphatic heterocycles. The lowest BCUT2D eigenvalue weighted by Crippen LogP contribution is -2.41. The SMILES string of the molecule is Cc1noc(-c2ccc(B3OC(C)(C)C(C)(C)O3)cc2)c1NC(=O)N(C)C1CCCC1. The Morgan fingerprint density at radius 2 is 1.68 bits per heavy atom. The number of urea groups is 1. The molecule has 1 aliphatic carbocycles. The number of amides is 2. The number of aromatic nitrogens is 1. The fraction of sp³-hybridized carbons (Fsp3) is 0.565. The van der Waals surface area contributed by atoms with Gasteiger partial charge in [-0.05, 0) is 52.9 Å². The average molecular weight is 425 g/mol. The molecule has 1 saturated carbocycles. The lowest BCUT2D eigenvalue weighted by Gasteiger charge is -2.32. The minimum atomic E-state index is -0.422. The second-order valence-electron chi connectivity index (χ2n) is 9.66. The van der Waals surface area contributed by atoms with E-state index in [0.717, 1.165) is 23.9 Å². The molecule has 1 saturated heterocycles. The Morgan fingerprint density at radius 3 is 2.26 bits per heavy atom. The largest absolute Gasteiger partial charge is 0.494 e. The molecule has 2 fully saturated rings. The van der Waals surface area contributed by atoms with Gasteiger partial charge >= 0.3 is 13.1 Å². The Labute approximate surface area is 184 Å². The molecule has 7 nitrogen and oxygen atoms in total. The predicted octanol–water partition coefficient (Wildman–Crippen LogP) is 4.36. The standard InChI is InChI=1S/C23H32BN3O4/c1-15-19(25-21(28)27(6)18-9-7-8-10-18)20(29-26-15)16-11-13-17(14-12-16)24-30-22(2,3)23(4,5)31-24/h11-14,18H,7-10H2,1-6H3,(H,25,28). The molecule has 8 heteroatoms. The van der Waals surface area contributed by atoms with Crippen LogP contribution in [0, 0.1) is 6.92 Å². The van der Waals surface area contributed by atoms with Gasteiger partial charge in [0, 0.05) is 18.7 Å². The quantitative estimate of drug-likeness (QED) is 0.737. The van der Waals surface area contributed by atoms with E-state index in [1.807, 2.05) is 65.9 Å². The smallest absolute Gasteiger partial charge is 0.399 e. The van der Waals surface area contributed by atoms with Gasteiger partial charge in [0.2, 0.25) is 0 Å². The Kier molecular flexibility index (Phi) is 5.64. The summed E-state index contributed by atoms with van der Waals surface area (Å²) in [4.78, 5) is 14.6. The van der Waals surface area contributed by atoms with E-state index < -0.39 is 7.12 Å². The number of nitrogens with zero attached hydrogens (tertiary/aromatic N) is 2. The highest BCUT2D eigenvalue weighted by atomic mass is 16.7. The van der Waals surface area contributed by atoms with Crippen LogP contribution < -0.4 is 10.8 Å².